The van der Waals surface area contributed by atoms with E-state index in [1.54, 1.807) is 0 Å². The number of ether oxygens (including phenoxy) is 1. The van der Waals surface area contributed by atoms with Gasteiger partial charge in [-0.3, -0.25) is 4.90 Å². The monoisotopic (exact) mass is 254 g/mol. The van der Waals surface area contributed by atoms with Crippen LogP contribution in [0, 0.1) is 0 Å². The fourth-order valence-electron chi connectivity index (χ4n) is 3.42. The fraction of sp³-hybridized carbons (Fsp3) is 1.00. The van der Waals surface area contributed by atoms with Gasteiger partial charge in [-0.05, 0) is 46.6 Å². The van der Waals surface area contributed by atoms with Gasteiger partial charge in [0, 0.05) is 24.7 Å². The van der Waals surface area contributed by atoms with Crippen LogP contribution in [0.4, 0.5) is 0 Å². The summed E-state index contributed by atoms with van der Waals surface area (Å²) in [5.41, 5.74) is 0.419. The van der Waals surface area contributed by atoms with Crippen LogP contribution in [0.1, 0.15) is 52.9 Å². The van der Waals surface area contributed by atoms with E-state index in [0.717, 1.165) is 13.2 Å². The third-order valence-corrected chi connectivity index (χ3v) is 4.58. The zero-order chi connectivity index (χ0) is 13.0. The Kier molecular flexibility index (Phi) is 5.05. The van der Waals surface area contributed by atoms with E-state index in [-0.39, 0.29) is 0 Å². The highest BCUT2D eigenvalue weighted by atomic mass is 16.5. The summed E-state index contributed by atoms with van der Waals surface area (Å²) in [6.07, 6.45) is 7.15. The van der Waals surface area contributed by atoms with Crippen molar-refractivity contribution in [2.75, 3.05) is 26.2 Å². The van der Waals surface area contributed by atoms with Gasteiger partial charge >= 0.3 is 0 Å². The summed E-state index contributed by atoms with van der Waals surface area (Å²) in [5, 5.41) is 3.83. The summed E-state index contributed by atoms with van der Waals surface area (Å²) in [6.45, 7) is 11.0. The summed E-state index contributed by atoms with van der Waals surface area (Å²) in [7, 11) is 0. The molecule has 0 bridgehead atoms. The second-order valence-corrected chi connectivity index (χ2v) is 6.44. The molecule has 1 atom stereocenters. The van der Waals surface area contributed by atoms with Crippen molar-refractivity contribution >= 4 is 0 Å². The number of nitrogens with one attached hydrogen (secondary N) is 1. The summed E-state index contributed by atoms with van der Waals surface area (Å²) in [5.74, 6) is 0. The maximum Gasteiger partial charge on any atom is 0.0597 e. The van der Waals surface area contributed by atoms with Gasteiger partial charge in [-0.25, -0.2) is 0 Å². The van der Waals surface area contributed by atoms with Gasteiger partial charge in [-0.1, -0.05) is 12.8 Å². The van der Waals surface area contributed by atoms with Crippen LogP contribution in [0.15, 0.2) is 0 Å². The van der Waals surface area contributed by atoms with Gasteiger partial charge in [0.25, 0.3) is 0 Å². The maximum atomic E-state index is 5.72. The van der Waals surface area contributed by atoms with Gasteiger partial charge in [-0.2, -0.15) is 0 Å². The Bertz CT molecular complexity index is 249. The van der Waals surface area contributed by atoms with Crippen LogP contribution in [0.2, 0.25) is 0 Å². The molecule has 106 valence electrons. The normalized spacial score (nSPS) is 29.0. The predicted octanol–water partition coefficient (Wildman–Crippen LogP) is 2.41. The minimum absolute atomic E-state index is 0.353. The molecule has 1 unspecified atom stereocenters. The molecule has 1 aliphatic heterocycles. The predicted molar refractivity (Wildman–Crippen MR) is 75.9 cm³/mol. The highest BCUT2D eigenvalue weighted by Gasteiger charge is 2.37. The minimum Gasteiger partial charge on any atom is -0.377 e. The van der Waals surface area contributed by atoms with E-state index in [2.05, 4.69) is 31.0 Å². The lowest BCUT2D eigenvalue weighted by Gasteiger charge is -2.35. The first-order valence-corrected chi connectivity index (χ1v) is 7.72. The molecular weight excluding hydrogens is 224 g/mol. The van der Waals surface area contributed by atoms with Crippen molar-refractivity contribution in [3.63, 3.8) is 0 Å². The van der Waals surface area contributed by atoms with Gasteiger partial charge in [0.2, 0.25) is 0 Å². The first kappa shape index (κ1) is 14.3. The molecule has 0 radical (unpaired) electrons. The SMILES string of the molecule is CC(C)OCCN1CC2(CCCC2)NCCC1C. The first-order chi connectivity index (χ1) is 8.61. The van der Waals surface area contributed by atoms with Gasteiger partial charge < -0.3 is 10.1 Å². The molecule has 1 saturated heterocycles. The average molecular weight is 254 g/mol. The van der Waals surface area contributed by atoms with Crippen molar-refractivity contribution in [3.05, 3.63) is 0 Å². The molecule has 0 aromatic heterocycles. The third kappa shape index (κ3) is 3.69. The molecule has 1 heterocycles. The molecule has 1 spiro atoms. The smallest absolute Gasteiger partial charge is 0.0597 e. The first-order valence-electron chi connectivity index (χ1n) is 7.72. The summed E-state index contributed by atoms with van der Waals surface area (Å²) in [6, 6.07) is 0.688. The quantitative estimate of drug-likeness (QED) is 0.834. The second-order valence-electron chi connectivity index (χ2n) is 6.44. The van der Waals surface area contributed by atoms with Crippen LogP contribution in [-0.4, -0.2) is 48.8 Å². The summed E-state index contributed by atoms with van der Waals surface area (Å²) < 4.78 is 5.72. The van der Waals surface area contributed by atoms with Gasteiger partial charge in [0.15, 0.2) is 0 Å². The van der Waals surface area contributed by atoms with E-state index in [1.165, 1.54) is 45.2 Å². The average Bonchev–Trinajstić information content (AvgIpc) is 2.69. The molecule has 2 aliphatic rings. The van der Waals surface area contributed by atoms with E-state index in [9.17, 15) is 0 Å². The Balaban J connectivity index is 1.89. The lowest BCUT2D eigenvalue weighted by atomic mass is 9.97. The largest absolute Gasteiger partial charge is 0.377 e. The zero-order valence-corrected chi connectivity index (χ0v) is 12.4. The van der Waals surface area contributed by atoms with Crippen molar-refractivity contribution in [3.8, 4) is 0 Å². The lowest BCUT2D eigenvalue weighted by molar-refractivity contribution is 0.0456. The zero-order valence-electron chi connectivity index (χ0n) is 12.4. The van der Waals surface area contributed by atoms with Crippen LogP contribution in [0.3, 0.4) is 0 Å². The minimum atomic E-state index is 0.353. The number of hydrogen-bond acceptors (Lipinski definition) is 3. The highest BCUT2D eigenvalue weighted by Crippen LogP contribution is 2.32. The van der Waals surface area contributed by atoms with Crippen molar-refractivity contribution in [2.24, 2.45) is 0 Å². The van der Waals surface area contributed by atoms with Crippen LogP contribution >= 0.6 is 0 Å². The third-order valence-electron chi connectivity index (χ3n) is 4.58. The van der Waals surface area contributed by atoms with E-state index in [0.29, 0.717) is 17.7 Å². The Morgan fingerprint density at radius 2 is 2.06 bits per heavy atom. The Labute approximate surface area is 112 Å². The molecule has 3 heteroatoms. The molecule has 0 aromatic carbocycles. The molecule has 2 rings (SSSR count). The number of nitrogens with zero attached hydrogens (tertiary/aromatic N) is 1. The molecule has 0 amide bonds. The van der Waals surface area contributed by atoms with Crippen LogP contribution in [0.5, 0.6) is 0 Å². The summed E-state index contributed by atoms with van der Waals surface area (Å²) >= 11 is 0. The molecule has 2 fully saturated rings. The van der Waals surface area contributed by atoms with Crippen molar-refractivity contribution in [2.45, 2.75) is 70.6 Å². The molecule has 18 heavy (non-hydrogen) atoms. The fourth-order valence-corrected chi connectivity index (χ4v) is 3.42. The van der Waals surface area contributed by atoms with E-state index < -0.39 is 0 Å². The highest BCUT2D eigenvalue weighted by molar-refractivity contribution is 4.98. The van der Waals surface area contributed by atoms with Gasteiger partial charge in [0.05, 0.1) is 12.7 Å². The van der Waals surface area contributed by atoms with Crippen molar-refractivity contribution < 1.29 is 4.74 Å². The molecule has 1 aliphatic carbocycles. The Morgan fingerprint density at radius 3 is 2.72 bits per heavy atom. The van der Waals surface area contributed by atoms with Crippen molar-refractivity contribution in [1.82, 2.24) is 10.2 Å². The van der Waals surface area contributed by atoms with Gasteiger partial charge in [-0.15, -0.1) is 0 Å². The Hall–Kier alpha value is -0.120. The van der Waals surface area contributed by atoms with E-state index in [4.69, 9.17) is 4.74 Å². The second kappa shape index (κ2) is 6.36. The molecule has 1 saturated carbocycles. The topological polar surface area (TPSA) is 24.5 Å². The van der Waals surface area contributed by atoms with E-state index >= 15 is 0 Å². The standard InChI is InChI=1S/C15H30N2O/c1-13(2)18-11-10-17-12-15(7-4-5-8-15)16-9-6-14(17)3/h13-14,16H,4-12H2,1-3H3. The molecule has 1 N–H and O–H groups in total. The molecular formula is C15H30N2O. The van der Waals surface area contributed by atoms with E-state index in [1.807, 2.05) is 0 Å². The van der Waals surface area contributed by atoms with Crippen LogP contribution < -0.4 is 5.32 Å². The van der Waals surface area contributed by atoms with Gasteiger partial charge in [0.1, 0.15) is 0 Å². The number of rotatable bonds is 4. The lowest BCUT2D eigenvalue weighted by Crippen LogP contribution is -2.50. The van der Waals surface area contributed by atoms with Crippen LogP contribution in [-0.2, 0) is 4.74 Å². The maximum absolute atomic E-state index is 5.72. The summed E-state index contributed by atoms with van der Waals surface area (Å²) in [4.78, 5) is 2.65. The van der Waals surface area contributed by atoms with Crippen molar-refractivity contribution in [1.29, 1.82) is 0 Å². The number of hydrogen-bond donors (Lipinski definition) is 1. The Morgan fingerprint density at radius 1 is 1.33 bits per heavy atom. The van der Waals surface area contributed by atoms with Crippen LogP contribution in [0.25, 0.3) is 0 Å². The molecule has 3 nitrogen and oxygen atoms in total. The molecule has 0 aromatic rings.